The standard InChI is InChI=1S/C37H55N3O7S/c1-12-18-45-34(43)25(4)19-27(20-26-16-14-13-15-17-26)38-32(42)28-23-48-33(39-28)30(46-31(41)22-36(5,6)7)21-29(24(2)3)40(11)35(44)47-37(8,9)10/h12-17,23-25,27,29-30H,1,18-22H2,2-11H3,(H,38,42). The molecule has 1 heterocycles. The summed E-state index contributed by atoms with van der Waals surface area (Å²) in [6.45, 7) is 20.7. The van der Waals surface area contributed by atoms with Gasteiger partial charge in [-0.25, -0.2) is 9.78 Å². The number of amides is 2. The van der Waals surface area contributed by atoms with Gasteiger partial charge in [-0.15, -0.1) is 11.3 Å². The SMILES string of the molecule is C=CCOC(=O)C(C)CC(Cc1ccccc1)NC(=O)c1csc(C(CC(C(C)C)N(C)C(=O)OC(C)(C)C)OC(=O)CC(C)(C)C)n1. The van der Waals surface area contributed by atoms with E-state index in [-0.39, 0.29) is 54.5 Å². The zero-order chi connectivity index (χ0) is 36.2. The van der Waals surface area contributed by atoms with E-state index in [2.05, 4.69) is 16.9 Å². The van der Waals surface area contributed by atoms with E-state index >= 15 is 0 Å². The minimum atomic E-state index is -0.802. The molecule has 0 aliphatic carbocycles. The van der Waals surface area contributed by atoms with Gasteiger partial charge in [0.25, 0.3) is 5.91 Å². The third-order valence-corrected chi connectivity index (χ3v) is 8.36. The smallest absolute Gasteiger partial charge is 0.410 e. The Bertz CT molecular complexity index is 1360. The van der Waals surface area contributed by atoms with Gasteiger partial charge in [0.15, 0.2) is 6.10 Å². The Balaban J connectivity index is 2.36. The van der Waals surface area contributed by atoms with Crippen molar-refractivity contribution in [3.05, 3.63) is 64.6 Å². The molecular formula is C37H55N3O7S. The van der Waals surface area contributed by atoms with Crippen molar-refractivity contribution in [1.29, 1.82) is 0 Å². The molecule has 0 fully saturated rings. The van der Waals surface area contributed by atoms with Crippen LogP contribution >= 0.6 is 11.3 Å². The fraction of sp³-hybridized carbons (Fsp3) is 0.595. The predicted molar refractivity (Wildman–Crippen MR) is 189 cm³/mol. The summed E-state index contributed by atoms with van der Waals surface area (Å²) < 4.78 is 16.9. The van der Waals surface area contributed by atoms with Crippen LogP contribution in [0.4, 0.5) is 4.79 Å². The number of esters is 2. The van der Waals surface area contributed by atoms with Crippen LogP contribution in [0.1, 0.15) is 109 Å². The van der Waals surface area contributed by atoms with Crippen molar-refractivity contribution in [2.24, 2.45) is 17.3 Å². The predicted octanol–water partition coefficient (Wildman–Crippen LogP) is 7.54. The van der Waals surface area contributed by atoms with E-state index in [4.69, 9.17) is 14.2 Å². The maximum absolute atomic E-state index is 13.6. The van der Waals surface area contributed by atoms with Crippen LogP contribution < -0.4 is 5.32 Å². The van der Waals surface area contributed by atoms with Gasteiger partial charge in [-0.2, -0.15) is 0 Å². The molecule has 0 aliphatic rings. The minimum absolute atomic E-state index is 0.00651. The number of carbonyl (C=O) groups excluding carboxylic acids is 4. The second-order valence-corrected chi connectivity index (χ2v) is 15.7. The first-order valence-corrected chi connectivity index (χ1v) is 17.4. The number of ether oxygens (including phenoxy) is 3. The van der Waals surface area contributed by atoms with Gasteiger partial charge < -0.3 is 24.4 Å². The molecule has 0 saturated heterocycles. The molecule has 1 N–H and O–H groups in total. The second kappa shape index (κ2) is 18.1. The number of hydrogen-bond donors (Lipinski definition) is 1. The van der Waals surface area contributed by atoms with Crippen molar-refractivity contribution >= 4 is 35.3 Å². The maximum Gasteiger partial charge on any atom is 0.410 e. The van der Waals surface area contributed by atoms with Crippen LogP contribution in [0.5, 0.6) is 0 Å². The van der Waals surface area contributed by atoms with Crippen molar-refractivity contribution in [2.75, 3.05) is 13.7 Å². The fourth-order valence-corrected chi connectivity index (χ4v) is 5.94. The van der Waals surface area contributed by atoms with Crippen LogP contribution in [0.15, 0.2) is 48.4 Å². The average Bonchev–Trinajstić information content (AvgIpc) is 3.46. The van der Waals surface area contributed by atoms with Crippen LogP contribution in [-0.2, 0) is 30.2 Å². The summed E-state index contributed by atoms with van der Waals surface area (Å²) >= 11 is 1.22. The van der Waals surface area contributed by atoms with E-state index in [1.165, 1.54) is 22.3 Å². The largest absolute Gasteiger partial charge is 0.461 e. The van der Waals surface area contributed by atoms with E-state index in [1.54, 1.807) is 19.4 Å². The van der Waals surface area contributed by atoms with Crippen LogP contribution in [0.2, 0.25) is 0 Å². The minimum Gasteiger partial charge on any atom is -0.461 e. The molecule has 266 valence electrons. The molecule has 0 aliphatic heterocycles. The second-order valence-electron chi connectivity index (χ2n) is 14.8. The van der Waals surface area contributed by atoms with Crippen molar-refractivity contribution < 1.29 is 33.4 Å². The molecule has 2 rings (SSSR count). The summed E-state index contributed by atoms with van der Waals surface area (Å²) in [6, 6.07) is 8.97. The number of nitrogens with zero attached hydrogens (tertiary/aromatic N) is 2. The molecule has 48 heavy (non-hydrogen) atoms. The van der Waals surface area contributed by atoms with Gasteiger partial charge in [0.1, 0.15) is 22.9 Å². The van der Waals surface area contributed by atoms with Crippen molar-refractivity contribution in [2.45, 2.75) is 112 Å². The van der Waals surface area contributed by atoms with Gasteiger partial charge >= 0.3 is 18.0 Å². The summed E-state index contributed by atoms with van der Waals surface area (Å²) in [7, 11) is 1.68. The lowest BCUT2D eigenvalue weighted by Gasteiger charge is -2.34. The normalized spacial score (nSPS) is 14.3. The Morgan fingerprint density at radius 1 is 1.02 bits per heavy atom. The molecule has 0 bridgehead atoms. The van der Waals surface area contributed by atoms with Crippen LogP contribution in [0.3, 0.4) is 0 Å². The first-order valence-electron chi connectivity index (χ1n) is 16.5. The molecule has 4 unspecified atom stereocenters. The fourth-order valence-electron chi connectivity index (χ4n) is 5.10. The lowest BCUT2D eigenvalue weighted by atomic mass is 9.92. The highest BCUT2D eigenvalue weighted by Crippen LogP contribution is 2.32. The molecule has 2 aromatic rings. The van der Waals surface area contributed by atoms with E-state index in [1.807, 2.05) is 85.7 Å². The molecule has 1 aromatic carbocycles. The van der Waals surface area contributed by atoms with E-state index in [9.17, 15) is 19.2 Å². The Morgan fingerprint density at radius 2 is 1.67 bits per heavy atom. The monoisotopic (exact) mass is 685 g/mol. The number of nitrogens with one attached hydrogen (secondary N) is 1. The lowest BCUT2D eigenvalue weighted by molar-refractivity contribution is -0.153. The molecule has 0 saturated carbocycles. The molecule has 4 atom stereocenters. The summed E-state index contributed by atoms with van der Waals surface area (Å²) in [4.78, 5) is 58.4. The van der Waals surface area contributed by atoms with Crippen molar-refractivity contribution in [1.82, 2.24) is 15.2 Å². The third-order valence-electron chi connectivity index (χ3n) is 7.43. The van der Waals surface area contributed by atoms with E-state index in [0.717, 1.165) is 5.56 Å². The number of hydrogen-bond acceptors (Lipinski definition) is 9. The van der Waals surface area contributed by atoms with Crippen LogP contribution in [0.25, 0.3) is 0 Å². The average molecular weight is 686 g/mol. The van der Waals surface area contributed by atoms with Crippen molar-refractivity contribution in [3.63, 3.8) is 0 Å². The van der Waals surface area contributed by atoms with Gasteiger partial charge in [-0.1, -0.05) is 84.5 Å². The van der Waals surface area contributed by atoms with Crippen molar-refractivity contribution in [3.8, 4) is 0 Å². The molecule has 0 radical (unpaired) electrons. The first kappa shape index (κ1) is 40.4. The van der Waals surface area contributed by atoms with E-state index < -0.39 is 35.6 Å². The zero-order valence-corrected chi connectivity index (χ0v) is 31.1. The van der Waals surface area contributed by atoms with Crippen LogP contribution in [0, 0.1) is 17.3 Å². The maximum atomic E-state index is 13.6. The molecule has 10 nitrogen and oxygen atoms in total. The number of carbonyl (C=O) groups is 4. The molecule has 1 aromatic heterocycles. The number of aromatic nitrogens is 1. The Morgan fingerprint density at radius 3 is 2.23 bits per heavy atom. The first-order chi connectivity index (χ1) is 22.3. The van der Waals surface area contributed by atoms with Gasteiger partial charge in [-0.3, -0.25) is 14.4 Å². The summed E-state index contributed by atoms with van der Waals surface area (Å²) in [5.74, 6) is -1.64. The highest BCUT2D eigenvalue weighted by atomic mass is 32.1. The van der Waals surface area contributed by atoms with E-state index in [0.29, 0.717) is 17.8 Å². The summed E-state index contributed by atoms with van der Waals surface area (Å²) in [5.41, 5.74) is 0.204. The topological polar surface area (TPSA) is 124 Å². The number of thiazole rings is 1. The highest BCUT2D eigenvalue weighted by molar-refractivity contribution is 7.09. The Kier molecular flexibility index (Phi) is 15.3. The van der Waals surface area contributed by atoms with Crippen LogP contribution in [-0.4, -0.2) is 65.2 Å². The lowest BCUT2D eigenvalue weighted by Crippen LogP contribution is -2.44. The molecule has 11 heteroatoms. The Hall–Kier alpha value is -3.73. The summed E-state index contributed by atoms with van der Waals surface area (Å²) in [6.07, 6.45) is 1.54. The quantitative estimate of drug-likeness (QED) is 0.109. The zero-order valence-electron chi connectivity index (χ0n) is 30.3. The number of rotatable bonds is 16. The van der Waals surface area contributed by atoms with Gasteiger partial charge in [0, 0.05) is 30.9 Å². The Labute approximate surface area is 290 Å². The van der Waals surface area contributed by atoms with Gasteiger partial charge in [0.05, 0.1) is 12.3 Å². The molecule has 0 spiro atoms. The third kappa shape index (κ3) is 14.2. The highest BCUT2D eigenvalue weighted by Gasteiger charge is 2.34. The van der Waals surface area contributed by atoms with Gasteiger partial charge in [-0.05, 0) is 50.5 Å². The molecular weight excluding hydrogens is 630 g/mol. The molecule has 2 amide bonds. The number of benzene rings is 1. The van der Waals surface area contributed by atoms with Gasteiger partial charge in [0.2, 0.25) is 0 Å². The summed E-state index contributed by atoms with van der Waals surface area (Å²) in [5, 5.41) is 5.15.